The fraction of sp³-hybridized carbons (Fsp3) is 0.227. The predicted octanol–water partition coefficient (Wildman–Crippen LogP) is 3.58. The first-order valence-electron chi connectivity index (χ1n) is 9.35. The maximum Gasteiger partial charge on any atom is 0.270 e. The van der Waals surface area contributed by atoms with Gasteiger partial charge in [0.2, 0.25) is 5.72 Å². The Bertz CT molecular complexity index is 1390. The Morgan fingerprint density at radius 2 is 2.03 bits per heavy atom. The minimum absolute atomic E-state index is 0.0734. The first-order chi connectivity index (χ1) is 14.3. The average molecular weight is 459 g/mol. The van der Waals surface area contributed by atoms with Crippen LogP contribution in [0.15, 0.2) is 52.3 Å². The number of nitrogens with zero attached hydrogens (tertiary/aromatic N) is 2. The standard InChI is InChI=1S/C22H16Cl2N2O3S/c1-11(27)18-19-14-5-3-4-6-16(14)29-22(18,2)25-21-26(19)20(28)17(30-21)9-12-7-8-13(23)10-15(12)24/h3-10,18-19H,1-2H3/b17-9-. The summed E-state index contributed by atoms with van der Waals surface area (Å²) in [7, 11) is 0. The lowest BCUT2D eigenvalue weighted by atomic mass is 9.79. The Hall–Kier alpha value is -2.41. The van der Waals surface area contributed by atoms with Crippen LogP contribution in [-0.2, 0) is 4.79 Å². The molecule has 2 aliphatic rings. The Morgan fingerprint density at radius 1 is 1.27 bits per heavy atom. The van der Waals surface area contributed by atoms with E-state index in [0.717, 1.165) is 5.56 Å². The van der Waals surface area contributed by atoms with E-state index in [9.17, 15) is 9.59 Å². The van der Waals surface area contributed by atoms with Crippen LogP contribution in [0.1, 0.15) is 31.0 Å². The highest BCUT2D eigenvalue weighted by Gasteiger charge is 2.53. The SMILES string of the molecule is CC(=O)C1C2c3ccccc3OC1(C)N=c1s/c(=C\c3ccc(Cl)cc3Cl)c(=O)n12. The van der Waals surface area contributed by atoms with Crippen LogP contribution in [-0.4, -0.2) is 16.1 Å². The Kier molecular flexibility index (Phi) is 4.43. The zero-order valence-electron chi connectivity index (χ0n) is 16.1. The molecule has 0 spiro atoms. The van der Waals surface area contributed by atoms with Crippen LogP contribution in [0, 0.1) is 5.92 Å². The number of hydrogen-bond donors (Lipinski definition) is 0. The van der Waals surface area contributed by atoms with Crippen LogP contribution in [0.4, 0.5) is 0 Å². The van der Waals surface area contributed by atoms with Crippen LogP contribution >= 0.6 is 34.5 Å². The highest BCUT2D eigenvalue weighted by atomic mass is 35.5. The Labute approximate surface area is 185 Å². The molecule has 0 radical (unpaired) electrons. The van der Waals surface area contributed by atoms with Crippen LogP contribution < -0.4 is 19.6 Å². The highest BCUT2D eigenvalue weighted by molar-refractivity contribution is 7.07. The van der Waals surface area contributed by atoms with Gasteiger partial charge in [-0.25, -0.2) is 4.99 Å². The Morgan fingerprint density at radius 3 is 2.77 bits per heavy atom. The lowest BCUT2D eigenvalue weighted by Crippen LogP contribution is -2.58. The fourth-order valence-electron chi connectivity index (χ4n) is 4.32. The number of Topliss-reactive ketones (excluding diaryl/α,β-unsaturated/α-hetero) is 1. The summed E-state index contributed by atoms with van der Waals surface area (Å²) in [5.74, 6) is -0.0313. The third-order valence-corrected chi connectivity index (χ3v) is 7.11. The zero-order valence-corrected chi connectivity index (χ0v) is 18.4. The van der Waals surface area contributed by atoms with Gasteiger partial charge in [-0.05, 0) is 43.7 Å². The van der Waals surface area contributed by atoms with Crippen molar-refractivity contribution >= 4 is 46.4 Å². The van der Waals surface area contributed by atoms with Crippen molar-refractivity contribution < 1.29 is 9.53 Å². The number of thiazole rings is 1. The second kappa shape index (κ2) is 6.80. The van der Waals surface area contributed by atoms with Crippen molar-refractivity contribution in [3.63, 3.8) is 0 Å². The number of para-hydroxylation sites is 1. The van der Waals surface area contributed by atoms with Crippen LogP contribution in [0.25, 0.3) is 6.08 Å². The van der Waals surface area contributed by atoms with Crippen molar-refractivity contribution in [3.05, 3.63) is 83.3 Å². The first-order valence-corrected chi connectivity index (χ1v) is 10.9. The van der Waals surface area contributed by atoms with Crippen molar-refractivity contribution in [2.75, 3.05) is 0 Å². The maximum absolute atomic E-state index is 13.4. The number of benzene rings is 2. The van der Waals surface area contributed by atoms with E-state index in [-0.39, 0.29) is 11.3 Å². The van der Waals surface area contributed by atoms with E-state index in [1.165, 1.54) is 18.3 Å². The fourth-order valence-corrected chi connectivity index (χ4v) is 5.87. The van der Waals surface area contributed by atoms with Gasteiger partial charge in [-0.1, -0.05) is 58.8 Å². The third-order valence-electron chi connectivity index (χ3n) is 5.57. The molecule has 0 saturated heterocycles. The third kappa shape index (κ3) is 2.86. The van der Waals surface area contributed by atoms with Crippen molar-refractivity contribution in [3.8, 4) is 5.75 Å². The minimum atomic E-state index is -1.07. The van der Waals surface area contributed by atoms with Gasteiger partial charge in [-0.3, -0.25) is 14.2 Å². The number of aromatic nitrogens is 1. The monoisotopic (exact) mass is 458 g/mol. The number of halogens is 2. The molecule has 5 rings (SSSR count). The second-order valence-corrected chi connectivity index (χ2v) is 9.43. The molecule has 2 aliphatic heterocycles. The molecule has 0 amide bonds. The van der Waals surface area contributed by atoms with E-state index in [1.807, 2.05) is 24.3 Å². The number of hydrogen-bond acceptors (Lipinski definition) is 5. The predicted molar refractivity (Wildman–Crippen MR) is 117 cm³/mol. The van der Waals surface area contributed by atoms with Crippen molar-refractivity contribution in [2.24, 2.45) is 10.9 Å². The molecule has 0 aliphatic carbocycles. The minimum Gasteiger partial charge on any atom is -0.465 e. The molecule has 0 N–H and O–H groups in total. The molecule has 0 fully saturated rings. The van der Waals surface area contributed by atoms with E-state index in [1.54, 1.807) is 35.8 Å². The largest absolute Gasteiger partial charge is 0.465 e. The molecule has 152 valence electrons. The Balaban J connectivity index is 1.80. The van der Waals surface area contributed by atoms with Gasteiger partial charge in [0.15, 0.2) is 4.80 Å². The maximum atomic E-state index is 13.4. The van der Waals surface area contributed by atoms with Crippen molar-refractivity contribution in [2.45, 2.75) is 25.6 Å². The van der Waals surface area contributed by atoms with Crippen molar-refractivity contribution in [1.29, 1.82) is 0 Å². The van der Waals surface area contributed by atoms with E-state index < -0.39 is 17.7 Å². The number of carbonyl (C=O) groups is 1. The number of rotatable bonds is 2. The van der Waals surface area contributed by atoms with E-state index in [0.29, 0.717) is 30.7 Å². The van der Waals surface area contributed by atoms with E-state index >= 15 is 0 Å². The number of carbonyl (C=O) groups excluding carboxylic acids is 1. The number of ether oxygens (including phenoxy) is 1. The zero-order chi connectivity index (χ0) is 21.2. The molecule has 8 heteroatoms. The lowest BCUT2D eigenvalue weighted by Gasteiger charge is -2.45. The van der Waals surface area contributed by atoms with Crippen LogP contribution in [0.2, 0.25) is 10.0 Å². The quantitative estimate of drug-likeness (QED) is 0.589. The molecule has 3 heterocycles. The summed E-state index contributed by atoms with van der Waals surface area (Å²) in [5, 5.41) is 0.977. The molecule has 30 heavy (non-hydrogen) atoms. The van der Waals surface area contributed by atoms with E-state index in [2.05, 4.69) is 0 Å². The molecule has 2 bridgehead atoms. The first kappa shape index (κ1) is 19.5. The normalized spacial score (nSPS) is 24.5. The van der Waals surface area contributed by atoms with Crippen LogP contribution in [0.5, 0.6) is 5.75 Å². The van der Waals surface area contributed by atoms with Gasteiger partial charge in [0.05, 0.1) is 10.6 Å². The van der Waals surface area contributed by atoms with Gasteiger partial charge < -0.3 is 4.74 Å². The summed E-state index contributed by atoms with van der Waals surface area (Å²) in [6.45, 7) is 3.32. The van der Waals surface area contributed by atoms with Gasteiger partial charge in [0.25, 0.3) is 5.56 Å². The molecular weight excluding hydrogens is 443 g/mol. The van der Waals surface area contributed by atoms with E-state index in [4.69, 9.17) is 32.9 Å². The summed E-state index contributed by atoms with van der Waals surface area (Å²) in [5.41, 5.74) is 0.213. The van der Waals surface area contributed by atoms with Gasteiger partial charge in [-0.15, -0.1) is 0 Å². The molecule has 3 unspecified atom stereocenters. The summed E-state index contributed by atoms with van der Waals surface area (Å²) in [6.07, 6.45) is 1.73. The van der Waals surface area contributed by atoms with Gasteiger partial charge in [-0.2, -0.15) is 0 Å². The second-order valence-electron chi connectivity index (χ2n) is 7.57. The molecule has 3 aromatic rings. The summed E-state index contributed by atoms with van der Waals surface area (Å²) in [6, 6.07) is 12.1. The molecule has 1 aromatic heterocycles. The molecule has 2 aromatic carbocycles. The van der Waals surface area contributed by atoms with Gasteiger partial charge in [0.1, 0.15) is 17.5 Å². The number of ketones is 1. The lowest BCUT2D eigenvalue weighted by molar-refractivity contribution is -0.132. The average Bonchev–Trinajstić information content (AvgIpc) is 2.97. The number of fused-ring (bicyclic) bond motifs is 6. The summed E-state index contributed by atoms with van der Waals surface area (Å²) >= 11 is 13.5. The smallest absolute Gasteiger partial charge is 0.270 e. The topological polar surface area (TPSA) is 60.7 Å². The molecule has 3 atom stereocenters. The van der Waals surface area contributed by atoms with Crippen molar-refractivity contribution in [1.82, 2.24) is 4.57 Å². The molecule has 5 nitrogen and oxygen atoms in total. The van der Waals surface area contributed by atoms with Gasteiger partial charge in [0, 0.05) is 15.6 Å². The summed E-state index contributed by atoms with van der Waals surface area (Å²) < 4.78 is 8.28. The summed E-state index contributed by atoms with van der Waals surface area (Å²) in [4.78, 5) is 31.3. The highest BCUT2D eigenvalue weighted by Crippen LogP contribution is 2.47. The van der Waals surface area contributed by atoms with Crippen LogP contribution in [0.3, 0.4) is 0 Å². The van der Waals surface area contributed by atoms with Gasteiger partial charge >= 0.3 is 0 Å². The molecular formula is C22H16Cl2N2O3S. The molecule has 0 saturated carbocycles.